The molecule has 0 spiro atoms. The quantitative estimate of drug-likeness (QED) is 0.646. The first-order valence-corrected chi connectivity index (χ1v) is 3.95. The van der Waals surface area contributed by atoms with Gasteiger partial charge in [0.15, 0.2) is 0 Å². The van der Waals surface area contributed by atoms with Crippen molar-refractivity contribution in [1.29, 1.82) is 0 Å². The highest BCUT2D eigenvalue weighted by atomic mass is 19.4. The van der Waals surface area contributed by atoms with Crippen molar-refractivity contribution in [3.8, 4) is 0 Å². The zero-order valence-electron chi connectivity index (χ0n) is 7.17. The molecule has 0 saturated heterocycles. The number of alkyl halides is 3. The maximum Gasteiger partial charge on any atom is 0.484 e. The molecule has 0 fully saturated rings. The summed E-state index contributed by atoms with van der Waals surface area (Å²) >= 11 is 0. The Hall–Kier alpha value is -1.19. The van der Waals surface area contributed by atoms with E-state index >= 15 is 0 Å². The van der Waals surface area contributed by atoms with Gasteiger partial charge < -0.3 is 0 Å². The van der Waals surface area contributed by atoms with Crippen molar-refractivity contribution in [1.82, 2.24) is 0 Å². The Kier molecular flexibility index (Phi) is 2.80. The third-order valence-electron chi connectivity index (χ3n) is 1.69. The summed E-state index contributed by atoms with van der Waals surface area (Å²) in [5, 5.41) is 0. The van der Waals surface area contributed by atoms with E-state index in [0.717, 1.165) is 0 Å². The molecule has 1 rings (SSSR count). The Balaban J connectivity index is 2.92. The van der Waals surface area contributed by atoms with Gasteiger partial charge >= 0.3 is 6.30 Å². The third-order valence-corrected chi connectivity index (χ3v) is 1.69. The molecule has 0 N–H and O–H groups in total. The maximum atomic E-state index is 12.3. The van der Waals surface area contributed by atoms with Gasteiger partial charge in [0.25, 0.3) is 0 Å². The summed E-state index contributed by atoms with van der Waals surface area (Å²) in [6.45, 7) is 1.40. The second-order valence-corrected chi connectivity index (χ2v) is 2.55. The summed E-state index contributed by atoms with van der Waals surface area (Å²) in [7, 11) is 0. The predicted molar refractivity (Wildman–Crippen MR) is 45.5 cm³/mol. The summed E-state index contributed by atoms with van der Waals surface area (Å²) in [4.78, 5) is 0.396. The number of halogens is 3. The van der Waals surface area contributed by atoms with Crippen molar-refractivity contribution in [2.75, 3.05) is 11.4 Å². The molecule has 0 amide bonds. The molecule has 0 saturated carbocycles. The highest BCUT2D eigenvalue weighted by molar-refractivity contribution is 5.46. The lowest BCUT2D eigenvalue weighted by molar-refractivity contribution is -0.128. The van der Waals surface area contributed by atoms with Gasteiger partial charge in [0.05, 0.1) is 0 Å². The second-order valence-electron chi connectivity index (χ2n) is 2.55. The van der Waals surface area contributed by atoms with Crippen LogP contribution in [0.15, 0.2) is 30.3 Å². The zero-order valence-corrected chi connectivity index (χ0v) is 7.17. The molecule has 0 aliphatic heterocycles. The molecule has 4 heteroatoms. The number of hydrogen-bond donors (Lipinski definition) is 0. The average Bonchev–Trinajstić information content (AvgIpc) is 2.05. The van der Waals surface area contributed by atoms with Crippen LogP contribution < -0.4 is 4.90 Å². The average molecular weight is 189 g/mol. The van der Waals surface area contributed by atoms with E-state index in [2.05, 4.69) is 0 Å². The van der Waals surface area contributed by atoms with Gasteiger partial charge in [-0.05, 0) is 19.1 Å². The minimum Gasteiger partial charge on any atom is -0.284 e. The summed E-state index contributed by atoms with van der Waals surface area (Å²) < 4.78 is 37.0. The van der Waals surface area contributed by atoms with Crippen LogP contribution in [0, 0.1) is 0 Å². The number of benzene rings is 1. The van der Waals surface area contributed by atoms with Crippen molar-refractivity contribution in [3.05, 3.63) is 30.3 Å². The van der Waals surface area contributed by atoms with Crippen LogP contribution in [-0.2, 0) is 0 Å². The molecule has 0 atom stereocenters. The van der Waals surface area contributed by atoms with Crippen LogP contribution in [0.4, 0.5) is 18.9 Å². The van der Waals surface area contributed by atoms with Gasteiger partial charge in [-0.25, -0.2) is 0 Å². The molecule has 0 aromatic heterocycles. The van der Waals surface area contributed by atoms with Crippen molar-refractivity contribution in [2.45, 2.75) is 13.2 Å². The predicted octanol–water partition coefficient (Wildman–Crippen LogP) is 3.03. The fourth-order valence-corrected chi connectivity index (χ4v) is 1.12. The Bertz CT molecular complexity index is 255. The zero-order chi connectivity index (χ0) is 9.90. The van der Waals surface area contributed by atoms with Crippen molar-refractivity contribution in [3.63, 3.8) is 0 Å². The van der Waals surface area contributed by atoms with Crippen LogP contribution in [0.25, 0.3) is 0 Å². The highest BCUT2D eigenvalue weighted by Crippen LogP contribution is 2.27. The number of rotatable bonds is 2. The van der Waals surface area contributed by atoms with Crippen LogP contribution >= 0.6 is 0 Å². The van der Waals surface area contributed by atoms with Gasteiger partial charge in [0.1, 0.15) is 0 Å². The number of anilines is 1. The van der Waals surface area contributed by atoms with Gasteiger partial charge in [0, 0.05) is 12.2 Å². The summed E-state index contributed by atoms with van der Waals surface area (Å²) in [5.74, 6) is 0. The second kappa shape index (κ2) is 3.68. The molecular weight excluding hydrogens is 179 g/mol. The van der Waals surface area contributed by atoms with E-state index in [1.807, 2.05) is 0 Å². The van der Waals surface area contributed by atoms with Crippen LogP contribution in [0.5, 0.6) is 0 Å². The van der Waals surface area contributed by atoms with E-state index in [9.17, 15) is 13.2 Å². The van der Waals surface area contributed by atoms with Gasteiger partial charge in [-0.1, -0.05) is 18.2 Å². The van der Waals surface area contributed by atoms with Crippen molar-refractivity contribution < 1.29 is 13.2 Å². The van der Waals surface area contributed by atoms with Gasteiger partial charge in [0.2, 0.25) is 0 Å². The van der Waals surface area contributed by atoms with Crippen LogP contribution in [0.3, 0.4) is 0 Å². The van der Waals surface area contributed by atoms with Crippen LogP contribution in [0.2, 0.25) is 0 Å². The first-order chi connectivity index (χ1) is 6.05. The largest absolute Gasteiger partial charge is 0.484 e. The van der Waals surface area contributed by atoms with Crippen molar-refractivity contribution >= 4 is 5.69 Å². The molecule has 0 heterocycles. The third kappa shape index (κ3) is 2.37. The number of nitrogens with zero attached hydrogens (tertiary/aromatic N) is 1. The van der Waals surface area contributed by atoms with E-state index in [1.54, 1.807) is 18.2 Å². The molecule has 0 aliphatic carbocycles. The van der Waals surface area contributed by atoms with E-state index in [-0.39, 0.29) is 12.2 Å². The molecule has 0 radical (unpaired) electrons. The molecule has 72 valence electrons. The van der Waals surface area contributed by atoms with Crippen molar-refractivity contribution in [2.24, 2.45) is 0 Å². The standard InChI is InChI=1S/C9H10F3N/c1-2-13(9(10,11)12)8-6-4-3-5-7-8/h3-7H,2H2,1H3. The Morgan fingerprint density at radius 3 is 2.08 bits per heavy atom. The molecule has 1 nitrogen and oxygen atoms in total. The van der Waals surface area contributed by atoms with Crippen LogP contribution in [0.1, 0.15) is 6.92 Å². The maximum absolute atomic E-state index is 12.3. The normalized spacial score (nSPS) is 11.4. The number of para-hydroxylation sites is 1. The molecule has 0 aliphatic rings. The fraction of sp³-hybridized carbons (Fsp3) is 0.333. The molecule has 1 aromatic rings. The van der Waals surface area contributed by atoms with E-state index < -0.39 is 6.30 Å². The topological polar surface area (TPSA) is 3.24 Å². The monoisotopic (exact) mass is 189 g/mol. The van der Waals surface area contributed by atoms with Gasteiger partial charge in [-0.15, -0.1) is 0 Å². The SMILES string of the molecule is CCN(c1ccccc1)C(F)(F)F. The van der Waals surface area contributed by atoms with Gasteiger partial charge in [-0.2, -0.15) is 13.2 Å². The lowest BCUT2D eigenvalue weighted by Gasteiger charge is -2.25. The first-order valence-electron chi connectivity index (χ1n) is 3.95. The molecule has 0 unspecified atom stereocenters. The minimum atomic E-state index is -4.30. The van der Waals surface area contributed by atoms with E-state index in [4.69, 9.17) is 0 Å². The van der Waals surface area contributed by atoms with E-state index in [0.29, 0.717) is 4.90 Å². The Labute approximate surface area is 74.8 Å². The molecule has 13 heavy (non-hydrogen) atoms. The first kappa shape index (κ1) is 9.89. The smallest absolute Gasteiger partial charge is 0.284 e. The summed E-state index contributed by atoms with van der Waals surface area (Å²) in [6, 6.07) is 7.75. The summed E-state index contributed by atoms with van der Waals surface area (Å²) in [6.07, 6.45) is -4.30. The molecule has 1 aromatic carbocycles. The lowest BCUT2D eigenvalue weighted by atomic mass is 10.3. The van der Waals surface area contributed by atoms with Crippen LogP contribution in [-0.4, -0.2) is 12.8 Å². The highest BCUT2D eigenvalue weighted by Gasteiger charge is 2.35. The molecular formula is C9H10F3N. The molecule has 0 bridgehead atoms. The Morgan fingerprint density at radius 1 is 1.15 bits per heavy atom. The van der Waals surface area contributed by atoms with E-state index in [1.165, 1.54) is 19.1 Å². The van der Waals surface area contributed by atoms with Gasteiger partial charge in [-0.3, -0.25) is 4.90 Å². The minimum absolute atomic E-state index is 0.0759. The number of hydrogen-bond acceptors (Lipinski definition) is 1. The summed E-state index contributed by atoms with van der Waals surface area (Å²) in [5.41, 5.74) is 0.178. The lowest BCUT2D eigenvalue weighted by Crippen LogP contribution is -2.37. The fourth-order valence-electron chi connectivity index (χ4n) is 1.12. The Morgan fingerprint density at radius 2 is 1.69 bits per heavy atom.